The quantitative estimate of drug-likeness (QED) is 0.635. The largest absolute Gasteiger partial charge is 0.278 e. The summed E-state index contributed by atoms with van der Waals surface area (Å²) in [4.78, 5) is 9.64. The Hall–Kier alpha value is -0.550. The zero-order chi connectivity index (χ0) is 8.20. The lowest BCUT2D eigenvalue weighted by molar-refractivity contribution is -0.108. The molecule has 0 rings (SSSR count). The molecular formula is C4H6ClNO3S. The molecule has 58 valence electrons. The summed E-state index contributed by atoms with van der Waals surface area (Å²) in [5, 5.41) is 0.845. The zero-order valence-electron chi connectivity index (χ0n) is 5.17. The Labute approximate surface area is 63.9 Å². The van der Waals surface area contributed by atoms with Crippen LogP contribution in [0.4, 0.5) is 0 Å². The molecule has 4 nitrogen and oxygen atoms in total. The Bertz CT molecular complexity index is 239. The number of allylic oxidation sites excluding steroid dienone is 1. The number of nitrogens with one attached hydrogen (secondary N) is 1. The first-order valence-corrected chi connectivity index (χ1v) is 4.20. The van der Waals surface area contributed by atoms with Gasteiger partial charge in [-0.3, -0.25) is 9.52 Å². The third-order valence-electron chi connectivity index (χ3n) is 0.530. The molecule has 0 spiro atoms. The van der Waals surface area contributed by atoms with E-state index >= 15 is 0 Å². The number of rotatable bonds is 3. The minimum absolute atomic E-state index is 0.0751. The van der Waals surface area contributed by atoms with Crippen LogP contribution in [0.25, 0.3) is 0 Å². The molecule has 0 radical (unpaired) electrons. The van der Waals surface area contributed by atoms with Gasteiger partial charge in [-0.15, -0.1) is 0 Å². The standard InChI is InChI=1S/C4H6ClNO3S/c1-4(5)2-10(8,9)6-3-7/h2-3H,1H3,(H,6,7). The molecular weight excluding hydrogens is 178 g/mol. The molecule has 0 aromatic heterocycles. The van der Waals surface area contributed by atoms with Crippen molar-refractivity contribution in [1.82, 2.24) is 4.72 Å². The molecule has 0 saturated carbocycles. The third-order valence-corrected chi connectivity index (χ3v) is 1.86. The van der Waals surface area contributed by atoms with Gasteiger partial charge in [0, 0.05) is 5.03 Å². The van der Waals surface area contributed by atoms with Crippen LogP contribution in [0.15, 0.2) is 10.4 Å². The van der Waals surface area contributed by atoms with Crippen molar-refractivity contribution < 1.29 is 13.2 Å². The number of amides is 1. The molecule has 0 aromatic rings. The monoisotopic (exact) mass is 183 g/mol. The maximum Gasteiger partial charge on any atom is 0.258 e. The van der Waals surface area contributed by atoms with Crippen LogP contribution < -0.4 is 4.72 Å². The third kappa shape index (κ3) is 4.34. The van der Waals surface area contributed by atoms with Crippen LogP contribution >= 0.6 is 11.6 Å². The minimum Gasteiger partial charge on any atom is -0.278 e. The predicted molar refractivity (Wildman–Crippen MR) is 37.7 cm³/mol. The second-order valence-corrected chi connectivity index (χ2v) is 3.64. The fourth-order valence-electron chi connectivity index (χ4n) is 0.315. The summed E-state index contributed by atoms with van der Waals surface area (Å²) in [5.74, 6) is 0. The van der Waals surface area contributed by atoms with Crippen LogP contribution in [-0.2, 0) is 14.8 Å². The Morgan fingerprint density at radius 2 is 2.10 bits per heavy atom. The number of carbonyl (C=O) groups excluding carboxylic acids is 1. The van der Waals surface area contributed by atoms with Gasteiger partial charge in [0.1, 0.15) is 0 Å². The molecule has 0 atom stereocenters. The number of hydrogen-bond donors (Lipinski definition) is 1. The minimum atomic E-state index is -3.64. The second kappa shape index (κ2) is 3.58. The van der Waals surface area contributed by atoms with Gasteiger partial charge in [0.15, 0.2) is 0 Å². The summed E-state index contributed by atoms with van der Waals surface area (Å²) in [6, 6.07) is 0. The molecule has 0 bridgehead atoms. The summed E-state index contributed by atoms with van der Waals surface area (Å²) in [7, 11) is -3.64. The summed E-state index contributed by atoms with van der Waals surface area (Å²) in [5.41, 5.74) is 0. The highest BCUT2D eigenvalue weighted by atomic mass is 35.5. The van der Waals surface area contributed by atoms with Gasteiger partial charge in [0.05, 0.1) is 5.41 Å². The summed E-state index contributed by atoms with van der Waals surface area (Å²) < 4.78 is 22.7. The van der Waals surface area contributed by atoms with Crippen molar-refractivity contribution in [3.8, 4) is 0 Å². The van der Waals surface area contributed by atoms with Gasteiger partial charge in [-0.1, -0.05) is 11.6 Å². The maximum absolute atomic E-state index is 10.5. The maximum atomic E-state index is 10.5. The number of carbonyl (C=O) groups is 1. The molecule has 0 aliphatic carbocycles. The molecule has 0 aliphatic heterocycles. The van der Waals surface area contributed by atoms with Crippen LogP contribution in [0.2, 0.25) is 0 Å². The Morgan fingerprint density at radius 3 is 2.40 bits per heavy atom. The van der Waals surface area contributed by atoms with Crippen LogP contribution in [0, 0.1) is 0 Å². The first-order chi connectivity index (χ1) is 4.48. The SMILES string of the molecule is CC(Cl)=CS(=O)(=O)NC=O. The molecule has 1 N–H and O–H groups in total. The Kier molecular flexibility index (Phi) is 3.38. The highest BCUT2D eigenvalue weighted by Crippen LogP contribution is 2.00. The Morgan fingerprint density at radius 1 is 1.60 bits per heavy atom. The van der Waals surface area contributed by atoms with Gasteiger partial charge in [0.2, 0.25) is 6.41 Å². The first kappa shape index (κ1) is 9.45. The van der Waals surface area contributed by atoms with Crippen molar-refractivity contribution in [1.29, 1.82) is 0 Å². The highest BCUT2D eigenvalue weighted by Gasteiger charge is 2.02. The van der Waals surface area contributed by atoms with Gasteiger partial charge in [0.25, 0.3) is 10.0 Å². The number of hydrogen-bond acceptors (Lipinski definition) is 3. The average Bonchev–Trinajstić information content (AvgIpc) is 1.59. The molecule has 0 heterocycles. The van der Waals surface area contributed by atoms with Gasteiger partial charge in [-0.05, 0) is 6.92 Å². The van der Waals surface area contributed by atoms with Gasteiger partial charge < -0.3 is 0 Å². The second-order valence-electron chi connectivity index (χ2n) is 1.49. The zero-order valence-corrected chi connectivity index (χ0v) is 6.74. The predicted octanol–water partition coefficient (Wildman–Crippen LogP) is 0.162. The first-order valence-electron chi connectivity index (χ1n) is 2.28. The molecule has 6 heteroatoms. The topological polar surface area (TPSA) is 63.2 Å². The van der Waals surface area contributed by atoms with E-state index < -0.39 is 10.0 Å². The molecule has 0 saturated heterocycles. The van der Waals surface area contributed by atoms with Gasteiger partial charge in [-0.25, -0.2) is 8.42 Å². The van der Waals surface area contributed by atoms with E-state index in [1.807, 2.05) is 0 Å². The van der Waals surface area contributed by atoms with E-state index in [9.17, 15) is 13.2 Å². The summed E-state index contributed by atoms with van der Waals surface area (Å²) in [6.07, 6.45) is 0.0751. The van der Waals surface area contributed by atoms with E-state index in [0.717, 1.165) is 5.41 Å². The van der Waals surface area contributed by atoms with E-state index in [-0.39, 0.29) is 11.4 Å². The highest BCUT2D eigenvalue weighted by molar-refractivity contribution is 7.92. The molecule has 0 aliphatic rings. The van der Waals surface area contributed by atoms with Crippen molar-refractivity contribution in [2.75, 3.05) is 0 Å². The molecule has 10 heavy (non-hydrogen) atoms. The van der Waals surface area contributed by atoms with Crippen LogP contribution in [0.3, 0.4) is 0 Å². The van der Waals surface area contributed by atoms with Gasteiger partial charge >= 0.3 is 0 Å². The van der Waals surface area contributed by atoms with E-state index in [1.54, 1.807) is 4.72 Å². The van der Waals surface area contributed by atoms with Crippen LogP contribution in [0.1, 0.15) is 6.92 Å². The average molecular weight is 184 g/mol. The number of halogens is 1. The lowest BCUT2D eigenvalue weighted by atomic mass is 10.8. The molecule has 0 unspecified atom stereocenters. The lowest BCUT2D eigenvalue weighted by Crippen LogP contribution is -2.18. The van der Waals surface area contributed by atoms with Crippen molar-refractivity contribution in [2.24, 2.45) is 0 Å². The van der Waals surface area contributed by atoms with Crippen molar-refractivity contribution in [3.05, 3.63) is 10.4 Å². The fourth-order valence-corrected chi connectivity index (χ4v) is 1.30. The van der Waals surface area contributed by atoms with E-state index in [0.29, 0.717) is 0 Å². The normalized spacial score (nSPS) is 12.8. The van der Waals surface area contributed by atoms with Crippen molar-refractivity contribution >= 4 is 28.0 Å². The van der Waals surface area contributed by atoms with Crippen molar-refractivity contribution in [3.63, 3.8) is 0 Å². The van der Waals surface area contributed by atoms with Crippen LogP contribution in [0.5, 0.6) is 0 Å². The fraction of sp³-hybridized carbons (Fsp3) is 0.250. The lowest BCUT2D eigenvalue weighted by Gasteiger charge is -1.92. The van der Waals surface area contributed by atoms with Crippen LogP contribution in [-0.4, -0.2) is 14.8 Å². The summed E-state index contributed by atoms with van der Waals surface area (Å²) >= 11 is 5.22. The Balaban J connectivity index is 4.44. The van der Waals surface area contributed by atoms with E-state index in [4.69, 9.17) is 11.6 Å². The smallest absolute Gasteiger partial charge is 0.258 e. The summed E-state index contributed by atoms with van der Waals surface area (Å²) in [6.45, 7) is 1.39. The van der Waals surface area contributed by atoms with E-state index in [2.05, 4.69) is 0 Å². The number of sulfonamides is 1. The van der Waals surface area contributed by atoms with Gasteiger partial charge in [-0.2, -0.15) is 0 Å². The molecule has 0 fully saturated rings. The van der Waals surface area contributed by atoms with E-state index in [1.165, 1.54) is 6.92 Å². The van der Waals surface area contributed by atoms with Crippen molar-refractivity contribution in [2.45, 2.75) is 6.92 Å². The molecule has 1 amide bonds. The molecule has 0 aromatic carbocycles.